The highest BCUT2D eigenvalue weighted by Gasteiger charge is 2.59. The predicted molar refractivity (Wildman–Crippen MR) is 101 cm³/mol. The van der Waals surface area contributed by atoms with Crippen molar-refractivity contribution in [3.8, 4) is 0 Å². The van der Waals surface area contributed by atoms with Gasteiger partial charge in [0.1, 0.15) is 0 Å². The van der Waals surface area contributed by atoms with Crippen LogP contribution in [0.2, 0.25) is 18.1 Å². The second-order valence-corrected chi connectivity index (χ2v) is 12.3. The number of hydrogen-bond donors (Lipinski definition) is 1. The molecule has 0 bridgehead atoms. The van der Waals surface area contributed by atoms with Crippen molar-refractivity contribution < 1.29 is 24.2 Å². The third kappa shape index (κ3) is 4.00. The van der Waals surface area contributed by atoms with Crippen LogP contribution in [0.25, 0.3) is 0 Å². The van der Waals surface area contributed by atoms with Crippen molar-refractivity contribution in [2.45, 2.75) is 71.7 Å². The number of ether oxygens (including phenoxy) is 2. The molecular weight excluding hydrogens is 336 g/mol. The van der Waals surface area contributed by atoms with E-state index in [4.69, 9.17) is 9.47 Å². The van der Waals surface area contributed by atoms with Gasteiger partial charge >= 0.3 is 11.9 Å². The van der Waals surface area contributed by atoms with Gasteiger partial charge in [-0.2, -0.15) is 0 Å². The molecular formula is C19H34O5Si. The minimum atomic E-state index is -1.76. The summed E-state index contributed by atoms with van der Waals surface area (Å²) < 4.78 is 10.3. The minimum absolute atomic E-state index is 0.0516. The molecule has 5 nitrogen and oxygen atoms in total. The lowest BCUT2D eigenvalue weighted by Gasteiger charge is -2.35. The van der Waals surface area contributed by atoms with Gasteiger partial charge in [0.05, 0.1) is 27.4 Å². The molecule has 6 heteroatoms. The van der Waals surface area contributed by atoms with Gasteiger partial charge in [0.2, 0.25) is 0 Å². The molecule has 0 radical (unpaired) electrons. The zero-order valence-corrected chi connectivity index (χ0v) is 17.4. The first-order valence-electron chi connectivity index (χ1n) is 9.50. The SMILES string of the molecule is C=C([C@@H]1CC(C(=O)OCC)(C(=O)OCC)C[C@@H]1O)[Si](CC)(CC)CC. The van der Waals surface area contributed by atoms with Gasteiger partial charge in [0.25, 0.3) is 0 Å². The van der Waals surface area contributed by atoms with E-state index in [-0.39, 0.29) is 32.0 Å². The van der Waals surface area contributed by atoms with Crippen LogP contribution in [-0.4, -0.2) is 44.4 Å². The van der Waals surface area contributed by atoms with Crippen molar-refractivity contribution in [1.29, 1.82) is 0 Å². The molecule has 25 heavy (non-hydrogen) atoms. The number of rotatable bonds is 9. The van der Waals surface area contributed by atoms with Gasteiger partial charge < -0.3 is 14.6 Å². The highest BCUT2D eigenvalue weighted by Crippen LogP contribution is 2.49. The molecule has 1 rings (SSSR count). The minimum Gasteiger partial charge on any atom is -0.465 e. The first-order chi connectivity index (χ1) is 11.8. The number of hydrogen-bond acceptors (Lipinski definition) is 5. The van der Waals surface area contributed by atoms with E-state index in [1.165, 1.54) is 0 Å². The van der Waals surface area contributed by atoms with E-state index >= 15 is 0 Å². The van der Waals surface area contributed by atoms with Gasteiger partial charge in [0.15, 0.2) is 5.41 Å². The number of carbonyl (C=O) groups excluding carboxylic acids is 2. The summed E-state index contributed by atoms with van der Waals surface area (Å²) in [6.45, 7) is 14.7. The van der Waals surface area contributed by atoms with Crippen LogP contribution in [0, 0.1) is 11.3 Å². The highest BCUT2D eigenvalue weighted by atomic mass is 28.3. The number of esters is 2. The van der Waals surface area contributed by atoms with Gasteiger partial charge in [-0.1, -0.05) is 44.1 Å². The summed E-state index contributed by atoms with van der Waals surface area (Å²) in [4.78, 5) is 25.2. The monoisotopic (exact) mass is 370 g/mol. The van der Waals surface area contributed by atoms with Crippen LogP contribution in [0.3, 0.4) is 0 Å². The summed E-state index contributed by atoms with van der Waals surface area (Å²) in [6.07, 6.45) is -0.479. The van der Waals surface area contributed by atoms with Crippen LogP contribution in [0.15, 0.2) is 11.8 Å². The maximum absolute atomic E-state index is 12.6. The first kappa shape index (κ1) is 21.9. The molecule has 144 valence electrons. The molecule has 0 aromatic rings. The Morgan fingerprint density at radius 2 is 1.44 bits per heavy atom. The first-order valence-corrected chi connectivity index (χ1v) is 12.1. The van der Waals surface area contributed by atoms with E-state index < -0.39 is 31.5 Å². The second-order valence-electron chi connectivity index (χ2n) is 6.97. The summed E-state index contributed by atoms with van der Waals surface area (Å²) in [5.41, 5.74) is -1.41. The average molecular weight is 371 g/mol. The van der Waals surface area contributed by atoms with Crippen LogP contribution in [0.4, 0.5) is 0 Å². The van der Waals surface area contributed by atoms with Gasteiger partial charge in [-0.05, 0) is 20.3 Å². The highest BCUT2D eigenvalue weighted by molar-refractivity contribution is 6.86. The Balaban J connectivity index is 3.21. The molecule has 1 saturated carbocycles. The Morgan fingerprint density at radius 1 is 1.00 bits per heavy atom. The molecule has 0 heterocycles. The Labute approximate surface area is 152 Å². The van der Waals surface area contributed by atoms with Crippen molar-refractivity contribution in [2.24, 2.45) is 11.3 Å². The summed E-state index contributed by atoms with van der Waals surface area (Å²) in [5, 5.41) is 11.8. The van der Waals surface area contributed by atoms with E-state index in [0.29, 0.717) is 0 Å². The number of aliphatic hydroxyl groups excluding tert-OH is 1. The molecule has 0 unspecified atom stereocenters. The quantitative estimate of drug-likeness (QED) is 0.382. The van der Waals surface area contributed by atoms with Crippen molar-refractivity contribution in [3.05, 3.63) is 11.8 Å². The van der Waals surface area contributed by atoms with E-state index in [2.05, 4.69) is 27.4 Å². The van der Waals surface area contributed by atoms with E-state index in [9.17, 15) is 14.7 Å². The molecule has 1 N–H and O–H groups in total. The predicted octanol–water partition coefficient (Wildman–Crippen LogP) is 3.47. The smallest absolute Gasteiger partial charge is 0.323 e. The van der Waals surface area contributed by atoms with Gasteiger partial charge in [-0.3, -0.25) is 9.59 Å². The summed E-state index contributed by atoms with van der Waals surface area (Å²) >= 11 is 0. The fourth-order valence-corrected chi connectivity index (χ4v) is 8.17. The Bertz CT molecular complexity index is 472. The standard InChI is InChI=1S/C19H34O5Si/c1-7-23-17(21)19(18(22)24-8-2)12-15(16(20)13-19)14(6)25(9-3,10-4)11-5/h15-16,20H,6-13H2,1-5H3/t15-,16-/m0/s1. The lowest BCUT2D eigenvalue weighted by atomic mass is 9.85. The zero-order chi connectivity index (χ0) is 19.3. The largest absolute Gasteiger partial charge is 0.465 e. The Morgan fingerprint density at radius 3 is 1.80 bits per heavy atom. The molecule has 0 aliphatic heterocycles. The van der Waals surface area contributed by atoms with Crippen LogP contribution < -0.4 is 0 Å². The fraction of sp³-hybridized carbons (Fsp3) is 0.789. The van der Waals surface area contributed by atoms with Crippen molar-refractivity contribution in [3.63, 3.8) is 0 Å². The van der Waals surface area contributed by atoms with Gasteiger partial charge in [-0.25, -0.2) is 0 Å². The van der Waals surface area contributed by atoms with Crippen LogP contribution in [0.5, 0.6) is 0 Å². The van der Waals surface area contributed by atoms with Gasteiger partial charge in [-0.15, -0.1) is 6.58 Å². The number of aliphatic hydroxyl groups is 1. The molecule has 1 fully saturated rings. The van der Waals surface area contributed by atoms with Crippen LogP contribution in [0.1, 0.15) is 47.5 Å². The second kappa shape index (κ2) is 8.99. The molecule has 0 aromatic heterocycles. The summed E-state index contributed by atoms with van der Waals surface area (Å²) in [7, 11) is -1.76. The Hall–Kier alpha value is -1.14. The third-order valence-corrected chi connectivity index (χ3v) is 11.9. The van der Waals surface area contributed by atoms with Crippen molar-refractivity contribution in [2.75, 3.05) is 13.2 Å². The fourth-order valence-electron chi connectivity index (χ4n) is 4.23. The molecule has 0 saturated heterocycles. The van der Waals surface area contributed by atoms with Crippen LogP contribution >= 0.6 is 0 Å². The maximum Gasteiger partial charge on any atom is 0.323 e. The van der Waals surface area contributed by atoms with E-state index in [1.807, 2.05) is 0 Å². The zero-order valence-electron chi connectivity index (χ0n) is 16.4. The van der Waals surface area contributed by atoms with E-state index in [0.717, 1.165) is 23.3 Å². The molecule has 0 spiro atoms. The molecule has 1 aliphatic carbocycles. The number of carbonyl (C=O) groups is 2. The normalized spacial score (nSPS) is 22.5. The van der Waals surface area contributed by atoms with Crippen molar-refractivity contribution in [1.82, 2.24) is 0 Å². The average Bonchev–Trinajstić information content (AvgIpc) is 2.96. The molecule has 0 aromatic carbocycles. The topological polar surface area (TPSA) is 72.8 Å². The van der Waals surface area contributed by atoms with Crippen molar-refractivity contribution >= 4 is 20.0 Å². The lowest BCUT2D eigenvalue weighted by Crippen LogP contribution is -2.41. The third-order valence-electron chi connectivity index (χ3n) is 6.08. The lowest BCUT2D eigenvalue weighted by molar-refractivity contribution is -0.172. The summed E-state index contributed by atoms with van der Waals surface area (Å²) in [5.74, 6) is -1.42. The Kier molecular flexibility index (Phi) is 7.87. The summed E-state index contributed by atoms with van der Waals surface area (Å²) in [6, 6.07) is 3.15. The van der Waals surface area contributed by atoms with Gasteiger partial charge in [0, 0.05) is 12.3 Å². The molecule has 1 aliphatic rings. The molecule has 2 atom stereocenters. The maximum atomic E-state index is 12.6. The molecule has 0 amide bonds. The van der Waals surface area contributed by atoms with Crippen LogP contribution in [-0.2, 0) is 19.1 Å². The van der Waals surface area contributed by atoms with E-state index in [1.54, 1.807) is 13.8 Å².